The summed E-state index contributed by atoms with van der Waals surface area (Å²) in [4.78, 5) is 3.92. The number of hydrogen-bond acceptors (Lipinski definition) is 4. The second kappa shape index (κ2) is 7.74. The summed E-state index contributed by atoms with van der Waals surface area (Å²) in [5.74, 6) is 0. The molecule has 2 atom stereocenters. The second-order valence-electron chi connectivity index (χ2n) is 5.04. The Bertz CT molecular complexity index is 383. The van der Waals surface area contributed by atoms with Crippen molar-refractivity contribution in [3.8, 4) is 0 Å². The van der Waals surface area contributed by atoms with Crippen LogP contribution in [0.4, 0.5) is 0 Å². The lowest BCUT2D eigenvalue weighted by molar-refractivity contribution is -0.0449. The van der Waals surface area contributed by atoms with E-state index >= 15 is 0 Å². The van der Waals surface area contributed by atoms with Crippen LogP contribution >= 0.6 is 27.3 Å². The van der Waals surface area contributed by atoms with E-state index in [1.807, 2.05) is 18.4 Å². The van der Waals surface area contributed by atoms with Crippen LogP contribution in [0.15, 0.2) is 15.9 Å². The van der Waals surface area contributed by atoms with E-state index in [9.17, 15) is 0 Å². The van der Waals surface area contributed by atoms with Gasteiger partial charge in [-0.15, -0.1) is 11.3 Å². The number of ether oxygens (including phenoxy) is 1. The average molecular weight is 347 g/mol. The summed E-state index contributed by atoms with van der Waals surface area (Å²) in [5, 5.41) is 5.58. The van der Waals surface area contributed by atoms with Gasteiger partial charge in [-0.25, -0.2) is 0 Å². The SMILES string of the molecule is CCCN1CCOC(C(Cc2cc(Br)cs2)NC)C1. The van der Waals surface area contributed by atoms with Crippen LogP contribution in [0, 0.1) is 0 Å². The number of nitrogens with zero attached hydrogens (tertiary/aromatic N) is 1. The molecule has 0 saturated carbocycles. The first-order chi connectivity index (χ1) is 9.22. The van der Waals surface area contributed by atoms with Crippen molar-refractivity contribution in [3.63, 3.8) is 0 Å². The molecule has 0 bridgehead atoms. The number of thiophene rings is 1. The Kier molecular flexibility index (Phi) is 6.29. The van der Waals surface area contributed by atoms with Crippen LogP contribution in [0.5, 0.6) is 0 Å². The third kappa shape index (κ3) is 4.53. The summed E-state index contributed by atoms with van der Waals surface area (Å²) >= 11 is 5.33. The molecule has 2 unspecified atom stereocenters. The lowest BCUT2D eigenvalue weighted by Gasteiger charge is -2.36. The molecule has 0 aromatic carbocycles. The summed E-state index contributed by atoms with van der Waals surface area (Å²) in [6.07, 6.45) is 2.55. The first kappa shape index (κ1) is 15.4. The Labute approximate surface area is 128 Å². The fourth-order valence-electron chi connectivity index (χ4n) is 2.59. The van der Waals surface area contributed by atoms with Gasteiger partial charge in [-0.3, -0.25) is 4.90 Å². The predicted molar refractivity (Wildman–Crippen MR) is 85.0 cm³/mol. The Morgan fingerprint density at radius 1 is 1.63 bits per heavy atom. The standard InChI is InChI=1S/C14H23BrN2OS/c1-3-4-17-5-6-18-14(9-17)13(16-2)8-12-7-11(15)10-19-12/h7,10,13-14,16H,3-6,8-9H2,1-2H3. The lowest BCUT2D eigenvalue weighted by atomic mass is 10.0. The number of halogens is 1. The molecule has 5 heteroatoms. The summed E-state index contributed by atoms with van der Waals surface area (Å²) in [6.45, 7) is 6.40. The van der Waals surface area contributed by atoms with Crippen molar-refractivity contribution in [2.75, 3.05) is 33.3 Å². The summed E-state index contributed by atoms with van der Waals surface area (Å²) < 4.78 is 7.16. The van der Waals surface area contributed by atoms with Gasteiger partial charge >= 0.3 is 0 Å². The van der Waals surface area contributed by atoms with Gasteiger partial charge in [-0.2, -0.15) is 0 Å². The predicted octanol–water partition coefficient (Wildman–Crippen LogP) is 2.75. The van der Waals surface area contributed by atoms with Crippen LogP contribution in [0.1, 0.15) is 18.2 Å². The molecular formula is C14H23BrN2OS. The monoisotopic (exact) mass is 346 g/mol. The van der Waals surface area contributed by atoms with Gasteiger partial charge in [0.25, 0.3) is 0 Å². The molecule has 1 aliphatic heterocycles. The van der Waals surface area contributed by atoms with Gasteiger partial charge in [0.1, 0.15) is 0 Å². The maximum atomic E-state index is 5.98. The molecule has 1 saturated heterocycles. The zero-order valence-electron chi connectivity index (χ0n) is 11.7. The van der Waals surface area contributed by atoms with Crippen LogP contribution in [-0.2, 0) is 11.2 Å². The maximum Gasteiger partial charge on any atom is 0.0858 e. The molecule has 2 rings (SSSR count). The third-order valence-electron chi connectivity index (χ3n) is 3.58. The van der Waals surface area contributed by atoms with Crippen molar-refractivity contribution in [3.05, 3.63) is 20.8 Å². The minimum Gasteiger partial charge on any atom is -0.374 e. The smallest absolute Gasteiger partial charge is 0.0858 e. The normalized spacial score (nSPS) is 22.6. The van der Waals surface area contributed by atoms with Gasteiger partial charge in [0.15, 0.2) is 0 Å². The highest BCUT2D eigenvalue weighted by Crippen LogP contribution is 2.22. The Morgan fingerprint density at radius 2 is 2.47 bits per heavy atom. The van der Waals surface area contributed by atoms with Gasteiger partial charge < -0.3 is 10.1 Å². The van der Waals surface area contributed by atoms with E-state index in [2.05, 4.69) is 44.5 Å². The number of likely N-dealkylation sites (N-methyl/N-ethyl adjacent to an activating group) is 1. The van der Waals surface area contributed by atoms with Crippen molar-refractivity contribution >= 4 is 27.3 Å². The first-order valence-corrected chi connectivity index (χ1v) is 8.64. The third-order valence-corrected chi connectivity index (χ3v) is 5.30. The number of rotatable bonds is 6. The topological polar surface area (TPSA) is 24.5 Å². The van der Waals surface area contributed by atoms with Crippen molar-refractivity contribution in [1.29, 1.82) is 0 Å². The molecule has 0 spiro atoms. The Hall–Kier alpha value is 0.0600. The first-order valence-electron chi connectivity index (χ1n) is 6.97. The fraction of sp³-hybridized carbons (Fsp3) is 0.714. The van der Waals surface area contributed by atoms with Gasteiger partial charge in [0.2, 0.25) is 0 Å². The minimum absolute atomic E-state index is 0.297. The van der Waals surface area contributed by atoms with E-state index in [0.29, 0.717) is 12.1 Å². The Morgan fingerprint density at radius 3 is 3.11 bits per heavy atom. The second-order valence-corrected chi connectivity index (χ2v) is 6.95. The summed E-state index contributed by atoms with van der Waals surface area (Å²) in [5.41, 5.74) is 0. The maximum absolute atomic E-state index is 5.98. The van der Waals surface area contributed by atoms with Crippen LogP contribution in [0.25, 0.3) is 0 Å². The zero-order chi connectivity index (χ0) is 13.7. The number of hydrogen-bond donors (Lipinski definition) is 1. The highest BCUT2D eigenvalue weighted by atomic mass is 79.9. The van der Waals surface area contributed by atoms with E-state index in [-0.39, 0.29) is 0 Å². The summed E-state index contributed by atoms with van der Waals surface area (Å²) in [7, 11) is 2.04. The van der Waals surface area contributed by atoms with E-state index < -0.39 is 0 Å². The molecule has 1 fully saturated rings. The molecule has 1 N–H and O–H groups in total. The van der Waals surface area contributed by atoms with Crippen LogP contribution in [-0.4, -0.2) is 50.3 Å². The summed E-state index contributed by atoms with van der Waals surface area (Å²) in [6, 6.07) is 2.60. The highest BCUT2D eigenvalue weighted by molar-refractivity contribution is 9.10. The molecule has 1 aliphatic rings. The molecule has 3 nitrogen and oxygen atoms in total. The van der Waals surface area contributed by atoms with E-state index in [4.69, 9.17) is 4.74 Å². The quantitative estimate of drug-likeness (QED) is 0.856. The lowest BCUT2D eigenvalue weighted by Crippen LogP contribution is -2.52. The molecule has 0 aliphatic carbocycles. The molecule has 19 heavy (non-hydrogen) atoms. The highest BCUT2D eigenvalue weighted by Gasteiger charge is 2.27. The molecule has 108 valence electrons. The van der Waals surface area contributed by atoms with E-state index in [0.717, 1.165) is 26.1 Å². The molecule has 1 aromatic rings. The van der Waals surface area contributed by atoms with Crippen LogP contribution in [0.2, 0.25) is 0 Å². The van der Waals surface area contributed by atoms with Gasteiger partial charge in [0.05, 0.1) is 12.7 Å². The fourth-order valence-corrected chi connectivity index (χ4v) is 4.10. The van der Waals surface area contributed by atoms with Crippen molar-refractivity contribution < 1.29 is 4.74 Å². The van der Waals surface area contributed by atoms with Gasteiger partial charge in [0, 0.05) is 33.9 Å². The van der Waals surface area contributed by atoms with Gasteiger partial charge in [-0.1, -0.05) is 6.92 Å². The minimum atomic E-state index is 0.297. The van der Waals surface area contributed by atoms with Crippen molar-refractivity contribution in [2.24, 2.45) is 0 Å². The van der Waals surface area contributed by atoms with Crippen LogP contribution in [0.3, 0.4) is 0 Å². The molecule has 0 radical (unpaired) electrons. The van der Waals surface area contributed by atoms with Crippen molar-refractivity contribution in [2.45, 2.75) is 31.9 Å². The molecular weight excluding hydrogens is 324 g/mol. The Balaban J connectivity index is 1.92. The van der Waals surface area contributed by atoms with Crippen molar-refractivity contribution in [1.82, 2.24) is 10.2 Å². The van der Waals surface area contributed by atoms with Gasteiger partial charge in [-0.05, 0) is 48.4 Å². The number of morpholine rings is 1. The largest absolute Gasteiger partial charge is 0.374 e. The molecule has 0 amide bonds. The average Bonchev–Trinajstić information content (AvgIpc) is 2.82. The molecule has 1 aromatic heterocycles. The van der Waals surface area contributed by atoms with E-state index in [1.165, 1.54) is 22.3 Å². The van der Waals surface area contributed by atoms with E-state index in [1.54, 1.807) is 0 Å². The molecule has 2 heterocycles. The zero-order valence-corrected chi connectivity index (χ0v) is 14.1. The number of nitrogens with one attached hydrogen (secondary N) is 1. The van der Waals surface area contributed by atoms with Crippen LogP contribution < -0.4 is 5.32 Å².